The molecule has 7 nitrogen and oxygen atoms in total. The fourth-order valence-corrected chi connectivity index (χ4v) is 3.78. The van der Waals surface area contributed by atoms with Gasteiger partial charge < -0.3 is 15.4 Å². The van der Waals surface area contributed by atoms with Gasteiger partial charge in [-0.2, -0.15) is 4.98 Å². The number of sulfone groups is 1. The predicted octanol–water partition coefficient (Wildman–Crippen LogP) is 2.33. The highest BCUT2D eigenvalue weighted by molar-refractivity contribution is 7.90. The van der Waals surface area contributed by atoms with Crippen molar-refractivity contribution in [1.82, 2.24) is 9.97 Å². The first-order valence-corrected chi connectivity index (χ1v) is 11.0. The van der Waals surface area contributed by atoms with E-state index >= 15 is 0 Å². The lowest BCUT2D eigenvalue weighted by molar-refractivity contribution is -0.0203. The summed E-state index contributed by atoms with van der Waals surface area (Å²) in [6.07, 6.45) is 5.74. The first-order chi connectivity index (χ1) is 11.7. The molecule has 3 atom stereocenters. The summed E-state index contributed by atoms with van der Waals surface area (Å²) in [6, 6.07) is 2.06. The van der Waals surface area contributed by atoms with Crippen LogP contribution in [-0.4, -0.2) is 55.2 Å². The van der Waals surface area contributed by atoms with E-state index in [2.05, 4.69) is 34.4 Å². The van der Waals surface area contributed by atoms with Crippen LogP contribution in [0.2, 0.25) is 0 Å². The summed E-state index contributed by atoms with van der Waals surface area (Å²) in [7, 11) is -2.96. The van der Waals surface area contributed by atoms with E-state index in [1.807, 2.05) is 13.0 Å². The highest BCUT2D eigenvalue weighted by Gasteiger charge is 2.28. The van der Waals surface area contributed by atoms with Gasteiger partial charge in [0.2, 0.25) is 5.95 Å². The van der Waals surface area contributed by atoms with Crippen molar-refractivity contribution in [2.24, 2.45) is 5.92 Å². The van der Waals surface area contributed by atoms with Gasteiger partial charge in [-0.3, -0.25) is 0 Å². The first kappa shape index (κ1) is 19.9. The summed E-state index contributed by atoms with van der Waals surface area (Å²) in [4.78, 5) is 8.73. The molecule has 2 rings (SSSR count). The maximum absolute atomic E-state index is 11.3. The minimum Gasteiger partial charge on any atom is -0.376 e. The summed E-state index contributed by atoms with van der Waals surface area (Å²) in [5, 5.41) is 6.64. The number of nitrogens with one attached hydrogen (secondary N) is 2. The van der Waals surface area contributed by atoms with E-state index < -0.39 is 9.84 Å². The molecule has 2 heterocycles. The van der Waals surface area contributed by atoms with Gasteiger partial charge in [0.25, 0.3) is 0 Å². The number of rotatable bonds is 8. The highest BCUT2D eigenvalue weighted by atomic mass is 32.2. The molecule has 0 bridgehead atoms. The SMILES string of the molecule is CC(C)[C@@H]1OCCC[C@@H]1Nc1ccnc(N[C@H](C)CCS(C)(=O)=O)n1. The third-order valence-corrected chi connectivity index (χ3v) is 5.29. The van der Waals surface area contributed by atoms with Gasteiger partial charge in [0.15, 0.2) is 0 Å². The molecule has 0 aliphatic carbocycles. The summed E-state index contributed by atoms with van der Waals surface area (Å²) >= 11 is 0. The molecule has 1 saturated heterocycles. The van der Waals surface area contributed by atoms with Crippen LogP contribution in [0.15, 0.2) is 12.3 Å². The molecule has 25 heavy (non-hydrogen) atoms. The van der Waals surface area contributed by atoms with Crippen LogP contribution in [0.5, 0.6) is 0 Å². The standard InChI is InChI=1S/C17H30N4O3S/c1-12(2)16-14(6-5-10-24-16)20-15-7-9-18-17(21-15)19-13(3)8-11-25(4,22)23/h7,9,12-14,16H,5-6,8,10-11H2,1-4H3,(H2,18,19,20,21)/t13-,14+,16+/m1/s1. The van der Waals surface area contributed by atoms with Gasteiger partial charge in [-0.25, -0.2) is 13.4 Å². The molecule has 142 valence electrons. The Labute approximate surface area is 150 Å². The smallest absolute Gasteiger partial charge is 0.224 e. The number of anilines is 2. The summed E-state index contributed by atoms with van der Waals surface area (Å²) in [5.74, 6) is 1.85. The lowest BCUT2D eigenvalue weighted by atomic mass is 9.94. The van der Waals surface area contributed by atoms with Crippen molar-refractivity contribution in [2.75, 3.05) is 29.2 Å². The first-order valence-electron chi connectivity index (χ1n) is 8.90. The zero-order chi connectivity index (χ0) is 18.4. The molecule has 0 aromatic carbocycles. The lowest BCUT2D eigenvalue weighted by Gasteiger charge is -2.35. The van der Waals surface area contributed by atoms with Crippen LogP contribution in [0, 0.1) is 5.92 Å². The molecule has 2 N–H and O–H groups in total. The van der Waals surface area contributed by atoms with E-state index in [9.17, 15) is 8.42 Å². The number of nitrogens with zero attached hydrogens (tertiary/aromatic N) is 2. The van der Waals surface area contributed by atoms with Crippen molar-refractivity contribution in [3.63, 3.8) is 0 Å². The van der Waals surface area contributed by atoms with Gasteiger partial charge in [0.05, 0.1) is 17.9 Å². The van der Waals surface area contributed by atoms with Crippen LogP contribution >= 0.6 is 0 Å². The minimum absolute atomic E-state index is 0.0219. The molecule has 8 heteroatoms. The Hall–Kier alpha value is -1.41. The maximum atomic E-state index is 11.3. The van der Waals surface area contributed by atoms with E-state index in [1.165, 1.54) is 6.26 Å². The second kappa shape index (κ2) is 8.80. The van der Waals surface area contributed by atoms with Gasteiger partial charge in [-0.1, -0.05) is 13.8 Å². The van der Waals surface area contributed by atoms with Gasteiger partial charge in [-0.15, -0.1) is 0 Å². The molecule has 0 spiro atoms. The van der Waals surface area contributed by atoms with Crippen LogP contribution in [0.3, 0.4) is 0 Å². The Bertz CT molecular complexity index is 651. The summed E-state index contributed by atoms with van der Waals surface area (Å²) < 4.78 is 28.4. The average molecular weight is 371 g/mol. The molecule has 0 unspecified atom stereocenters. The average Bonchev–Trinajstić information content (AvgIpc) is 2.53. The monoisotopic (exact) mass is 370 g/mol. The Balaban J connectivity index is 1.96. The molecule has 0 radical (unpaired) electrons. The van der Waals surface area contributed by atoms with E-state index in [1.54, 1.807) is 6.20 Å². The van der Waals surface area contributed by atoms with E-state index in [-0.39, 0.29) is 23.9 Å². The van der Waals surface area contributed by atoms with E-state index in [0.717, 1.165) is 25.3 Å². The van der Waals surface area contributed by atoms with Gasteiger partial charge in [0, 0.05) is 25.1 Å². The molecule has 0 amide bonds. The Morgan fingerprint density at radius 1 is 1.36 bits per heavy atom. The molecule has 1 aliphatic heterocycles. The highest BCUT2D eigenvalue weighted by Crippen LogP contribution is 2.23. The minimum atomic E-state index is -2.96. The third kappa shape index (κ3) is 6.78. The number of hydrogen-bond acceptors (Lipinski definition) is 7. The maximum Gasteiger partial charge on any atom is 0.224 e. The molecule has 1 aliphatic rings. The van der Waals surface area contributed by atoms with Crippen molar-refractivity contribution in [1.29, 1.82) is 0 Å². The van der Waals surface area contributed by atoms with Crippen LogP contribution in [-0.2, 0) is 14.6 Å². The van der Waals surface area contributed by atoms with Crippen LogP contribution < -0.4 is 10.6 Å². The van der Waals surface area contributed by atoms with Crippen molar-refractivity contribution < 1.29 is 13.2 Å². The van der Waals surface area contributed by atoms with Gasteiger partial charge in [-0.05, 0) is 38.2 Å². The topological polar surface area (TPSA) is 93.2 Å². The third-order valence-electron chi connectivity index (χ3n) is 4.31. The Morgan fingerprint density at radius 3 is 2.80 bits per heavy atom. The number of aromatic nitrogens is 2. The zero-order valence-corrected chi connectivity index (χ0v) is 16.3. The molecular weight excluding hydrogens is 340 g/mol. The molecule has 1 aromatic rings. The summed E-state index contributed by atoms with van der Waals surface area (Å²) in [6.45, 7) is 7.08. The quantitative estimate of drug-likeness (QED) is 0.725. The van der Waals surface area contributed by atoms with E-state index in [4.69, 9.17) is 4.74 Å². The number of hydrogen-bond donors (Lipinski definition) is 2. The normalized spacial score (nSPS) is 22.6. The van der Waals surface area contributed by atoms with E-state index in [0.29, 0.717) is 18.3 Å². The number of ether oxygens (including phenoxy) is 1. The van der Waals surface area contributed by atoms with Crippen LogP contribution in [0.1, 0.15) is 40.0 Å². The van der Waals surface area contributed by atoms with Crippen LogP contribution in [0.4, 0.5) is 11.8 Å². The largest absolute Gasteiger partial charge is 0.376 e. The van der Waals surface area contributed by atoms with Gasteiger partial charge in [0.1, 0.15) is 15.7 Å². The van der Waals surface area contributed by atoms with Crippen molar-refractivity contribution in [3.8, 4) is 0 Å². The van der Waals surface area contributed by atoms with Crippen molar-refractivity contribution in [3.05, 3.63) is 12.3 Å². The molecule has 0 saturated carbocycles. The zero-order valence-electron chi connectivity index (χ0n) is 15.5. The predicted molar refractivity (Wildman–Crippen MR) is 101 cm³/mol. The van der Waals surface area contributed by atoms with Crippen molar-refractivity contribution in [2.45, 2.75) is 58.2 Å². The second-order valence-electron chi connectivity index (χ2n) is 7.20. The molecule has 1 aromatic heterocycles. The Kier molecular flexibility index (Phi) is 7.01. The second-order valence-corrected chi connectivity index (χ2v) is 9.46. The van der Waals surface area contributed by atoms with Gasteiger partial charge >= 0.3 is 0 Å². The fraction of sp³-hybridized carbons (Fsp3) is 0.765. The van der Waals surface area contributed by atoms with Crippen LogP contribution in [0.25, 0.3) is 0 Å². The summed E-state index contributed by atoms with van der Waals surface area (Å²) in [5.41, 5.74) is 0. The molecular formula is C17H30N4O3S. The fourth-order valence-electron chi connectivity index (χ4n) is 3.00. The Morgan fingerprint density at radius 2 is 2.12 bits per heavy atom. The molecule has 1 fully saturated rings. The lowest BCUT2D eigenvalue weighted by Crippen LogP contribution is -2.43. The van der Waals surface area contributed by atoms with Crippen molar-refractivity contribution >= 4 is 21.6 Å².